The Kier molecular flexibility index (Phi) is 9.73. The van der Waals surface area contributed by atoms with Crippen molar-refractivity contribution in [3.8, 4) is 0 Å². The van der Waals surface area contributed by atoms with Gasteiger partial charge >= 0.3 is 0 Å². The van der Waals surface area contributed by atoms with Gasteiger partial charge in [0.05, 0.1) is 10.7 Å². The van der Waals surface area contributed by atoms with Crippen LogP contribution in [0.5, 0.6) is 0 Å². The molecule has 226 valence electrons. The fraction of sp³-hybridized carbons (Fsp3) is 0.212. The number of nitrogens with zero attached hydrogens (tertiary/aromatic N) is 4. The Morgan fingerprint density at radius 3 is 2.34 bits per heavy atom. The van der Waals surface area contributed by atoms with Gasteiger partial charge in [0, 0.05) is 56.0 Å². The molecule has 0 aliphatic carbocycles. The van der Waals surface area contributed by atoms with E-state index in [9.17, 15) is 9.59 Å². The van der Waals surface area contributed by atoms with Gasteiger partial charge in [-0.1, -0.05) is 42.4 Å². The van der Waals surface area contributed by atoms with Crippen LogP contribution < -0.4 is 26.2 Å². The maximum absolute atomic E-state index is 13.4. The van der Waals surface area contributed by atoms with Gasteiger partial charge in [0.1, 0.15) is 11.4 Å². The molecule has 4 aromatic rings. The summed E-state index contributed by atoms with van der Waals surface area (Å²) >= 11 is 6.37. The number of hydrogen-bond acceptors (Lipinski definition) is 8. The third-order valence-electron chi connectivity index (χ3n) is 7.35. The average molecular weight is 611 g/mol. The van der Waals surface area contributed by atoms with Gasteiger partial charge in [0.2, 0.25) is 11.9 Å². The first-order chi connectivity index (χ1) is 21.3. The summed E-state index contributed by atoms with van der Waals surface area (Å²) < 4.78 is 0. The summed E-state index contributed by atoms with van der Waals surface area (Å²) in [6.07, 6.45) is 2.71. The number of aromatic nitrogens is 2. The molecule has 1 aliphatic heterocycles. The minimum atomic E-state index is -0.394. The van der Waals surface area contributed by atoms with Crippen LogP contribution in [0.1, 0.15) is 21.5 Å². The lowest BCUT2D eigenvalue weighted by Crippen LogP contribution is -2.44. The predicted octanol–water partition coefficient (Wildman–Crippen LogP) is 5.92. The van der Waals surface area contributed by atoms with Gasteiger partial charge in [-0.2, -0.15) is 4.98 Å². The van der Waals surface area contributed by atoms with Gasteiger partial charge < -0.3 is 31.1 Å². The molecule has 44 heavy (non-hydrogen) atoms. The summed E-state index contributed by atoms with van der Waals surface area (Å²) in [6.45, 7) is 9.78. The highest BCUT2D eigenvalue weighted by atomic mass is 35.5. The molecule has 2 heterocycles. The monoisotopic (exact) mass is 610 g/mol. The Labute approximate surface area is 262 Å². The minimum Gasteiger partial charge on any atom is -0.369 e. The lowest BCUT2D eigenvalue weighted by Gasteiger charge is -2.34. The Morgan fingerprint density at radius 2 is 1.66 bits per heavy atom. The van der Waals surface area contributed by atoms with E-state index in [-0.39, 0.29) is 11.5 Å². The molecule has 0 bridgehead atoms. The molecule has 1 fully saturated rings. The zero-order valence-electron chi connectivity index (χ0n) is 24.7. The number of hydrogen-bond donors (Lipinski definition) is 4. The quantitative estimate of drug-likeness (QED) is 0.164. The number of likely N-dealkylation sites (N-methyl/N-ethyl adjacent to an activating group) is 1. The van der Waals surface area contributed by atoms with Gasteiger partial charge in [-0.05, 0) is 73.6 Å². The van der Waals surface area contributed by atoms with E-state index in [1.165, 1.54) is 18.0 Å². The van der Waals surface area contributed by atoms with E-state index < -0.39 is 5.91 Å². The second-order valence-electron chi connectivity index (χ2n) is 10.5. The third kappa shape index (κ3) is 7.71. The van der Waals surface area contributed by atoms with E-state index in [1.807, 2.05) is 43.3 Å². The fourth-order valence-electron chi connectivity index (χ4n) is 4.75. The average Bonchev–Trinajstić information content (AvgIpc) is 3.03. The molecule has 0 radical (unpaired) electrons. The number of anilines is 6. The van der Waals surface area contributed by atoms with Crippen LogP contribution in [-0.4, -0.2) is 59.9 Å². The van der Waals surface area contributed by atoms with Crippen LogP contribution in [0.15, 0.2) is 85.6 Å². The van der Waals surface area contributed by atoms with E-state index in [2.05, 4.69) is 66.8 Å². The second-order valence-corrected chi connectivity index (χ2v) is 11.0. The summed E-state index contributed by atoms with van der Waals surface area (Å²) in [5, 5.41) is 12.6. The molecule has 0 spiro atoms. The van der Waals surface area contributed by atoms with E-state index in [0.29, 0.717) is 34.7 Å². The van der Waals surface area contributed by atoms with Gasteiger partial charge in [0.25, 0.3) is 5.91 Å². The van der Waals surface area contributed by atoms with Crippen LogP contribution in [0, 0.1) is 6.92 Å². The largest absolute Gasteiger partial charge is 0.369 e. The maximum atomic E-state index is 13.4. The smallest absolute Gasteiger partial charge is 0.261 e. The molecular formula is C33H35ClN8O2. The molecule has 1 aliphatic rings. The van der Waals surface area contributed by atoms with Crippen molar-refractivity contribution < 1.29 is 9.59 Å². The van der Waals surface area contributed by atoms with E-state index >= 15 is 0 Å². The van der Waals surface area contributed by atoms with Crippen molar-refractivity contribution in [3.05, 3.63) is 107 Å². The number of rotatable bonds is 10. The van der Waals surface area contributed by atoms with Crippen LogP contribution in [0.3, 0.4) is 0 Å². The number of nitrogens with one attached hydrogen (secondary N) is 4. The van der Waals surface area contributed by atoms with Crippen molar-refractivity contribution in [2.75, 3.05) is 59.4 Å². The zero-order valence-corrected chi connectivity index (χ0v) is 25.5. The van der Waals surface area contributed by atoms with Crippen molar-refractivity contribution in [3.63, 3.8) is 0 Å². The fourth-order valence-corrected chi connectivity index (χ4v) is 5.02. The highest BCUT2D eigenvalue weighted by Crippen LogP contribution is 2.27. The van der Waals surface area contributed by atoms with Crippen LogP contribution in [0.2, 0.25) is 5.02 Å². The van der Waals surface area contributed by atoms with Crippen LogP contribution in [0.25, 0.3) is 0 Å². The first-order valence-electron chi connectivity index (χ1n) is 14.3. The number of piperazine rings is 1. The Hall–Kier alpha value is -4.93. The van der Waals surface area contributed by atoms with Crippen LogP contribution >= 0.6 is 11.6 Å². The molecule has 0 saturated carbocycles. The molecule has 0 unspecified atom stereocenters. The molecular weight excluding hydrogens is 576 g/mol. The first-order valence-corrected chi connectivity index (χ1v) is 14.7. The summed E-state index contributed by atoms with van der Waals surface area (Å²) in [5.74, 6) is 0.0140. The van der Waals surface area contributed by atoms with Crippen molar-refractivity contribution in [1.82, 2.24) is 14.9 Å². The molecule has 2 amide bonds. The SMILES string of the molecule is C=CC(=O)Nc1ccc(CNc2nc(Nc3ccc(N4CCN(C)CC4)cc3)ncc2C(=O)Nc2c(C)cccc2Cl)cc1. The lowest BCUT2D eigenvalue weighted by molar-refractivity contribution is -0.111. The highest BCUT2D eigenvalue weighted by molar-refractivity contribution is 6.34. The molecule has 0 atom stereocenters. The normalized spacial score (nSPS) is 13.2. The summed E-state index contributed by atoms with van der Waals surface area (Å²) in [4.78, 5) is 38.9. The topological polar surface area (TPSA) is 115 Å². The zero-order chi connectivity index (χ0) is 31.1. The van der Waals surface area contributed by atoms with E-state index in [0.717, 1.165) is 43.0 Å². The number of para-hydroxylation sites is 1. The first kappa shape index (κ1) is 30.5. The highest BCUT2D eigenvalue weighted by Gasteiger charge is 2.18. The summed E-state index contributed by atoms with van der Waals surface area (Å²) in [6, 6.07) is 20.9. The lowest BCUT2D eigenvalue weighted by atomic mass is 10.1. The molecule has 10 nitrogen and oxygen atoms in total. The van der Waals surface area contributed by atoms with Crippen LogP contribution in [0.4, 0.5) is 34.5 Å². The standard InChI is InChI=1S/C33H35ClN8O2/c1-4-29(43)37-24-10-8-23(9-11-24)20-35-31-27(32(44)39-30-22(2)6-5-7-28(30)34)21-36-33(40-31)38-25-12-14-26(15-13-25)42-18-16-41(3)17-19-42/h4-15,21H,1,16-20H2,2-3H3,(H,37,43)(H,39,44)(H2,35,36,38,40). The third-order valence-corrected chi connectivity index (χ3v) is 7.67. The van der Waals surface area contributed by atoms with E-state index in [4.69, 9.17) is 11.6 Å². The van der Waals surface area contributed by atoms with Crippen molar-refractivity contribution >= 4 is 57.9 Å². The van der Waals surface area contributed by atoms with Crippen LogP contribution in [-0.2, 0) is 11.3 Å². The van der Waals surface area contributed by atoms with E-state index in [1.54, 1.807) is 18.2 Å². The number of aryl methyl sites for hydroxylation is 1. The van der Waals surface area contributed by atoms with Gasteiger partial charge in [0.15, 0.2) is 0 Å². The molecule has 3 aromatic carbocycles. The Bertz CT molecular complexity index is 1610. The minimum absolute atomic E-state index is 0.259. The van der Waals surface area contributed by atoms with Gasteiger partial charge in [-0.3, -0.25) is 9.59 Å². The number of benzene rings is 3. The van der Waals surface area contributed by atoms with Crippen molar-refractivity contribution in [2.24, 2.45) is 0 Å². The molecule has 11 heteroatoms. The number of carbonyl (C=O) groups excluding carboxylic acids is 2. The van der Waals surface area contributed by atoms with Gasteiger partial charge in [-0.15, -0.1) is 0 Å². The summed E-state index contributed by atoms with van der Waals surface area (Å²) in [5.41, 5.74) is 5.20. The summed E-state index contributed by atoms with van der Waals surface area (Å²) in [7, 11) is 2.14. The molecule has 1 saturated heterocycles. The number of carbonyl (C=O) groups is 2. The second kappa shape index (κ2) is 14.0. The maximum Gasteiger partial charge on any atom is 0.261 e. The van der Waals surface area contributed by atoms with Crippen molar-refractivity contribution in [1.29, 1.82) is 0 Å². The Balaban J connectivity index is 1.35. The Morgan fingerprint density at radius 1 is 0.955 bits per heavy atom. The van der Waals surface area contributed by atoms with Gasteiger partial charge in [-0.25, -0.2) is 4.98 Å². The molecule has 4 N–H and O–H groups in total. The molecule has 1 aromatic heterocycles. The number of halogens is 1. The molecule has 5 rings (SSSR count). The number of amides is 2. The van der Waals surface area contributed by atoms with Crippen molar-refractivity contribution in [2.45, 2.75) is 13.5 Å². The predicted molar refractivity (Wildman–Crippen MR) is 178 cm³/mol.